The van der Waals surface area contributed by atoms with E-state index in [2.05, 4.69) is 10.5 Å². The van der Waals surface area contributed by atoms with Gasteiger partial charge in [0.2, 0.25) is 0 Å². The average molecular weight is 502 g/mol. The molecule has 0 radical (unpaired) electrons. The Morgan fingerprint density at radius 3 is 2.35 bits per heavy atom. The van der Waals surface area contributed by atoms with E-state index in [1.165, 1.54) is 43.7 Å². The third kappa shape index (κ3) is 6.49. The number of carbonyl (C=O) groups is 1. The maximum atomic E-state index is 13.4. The van der Waals surface area contributed by atoms with Crippen LogP contribution in [0.5, 0.6) is 11.5 Å². The summed E-state index contributed by atoms with van der Waals surface area (Å²) in [5.41, 5.74) is 3.35. The van der Waals surface area contributed by atoms with Gasteiger partial charge in [0.15, 0.2) is 0 Å². The fourth-order valence-corrected chi connectivity index (χ4v) is 4.58. The van der Waals surface area contributed by atoms with Gasteiger partial charge in [-0.25, -0.2) is 13.8 Å². The number of sulfonamides is 1. The molecule has 0 aromatic heterocycles. The van der Waals surface area contributed by atoms with Crippen molar-refractivity contribution in [3.8, 4) is 11.5 Å². The highest BCUT2D eigenvalue weighted by atomic mass is 35.5. The number of amides is 1. The van der Waals surface area contributed by atoms with Crippen LogP contribution in [0, 0.1) is 0 Å². The van der Waals surface area contributed by atoms with Gasteiger partial charge >= 0.3 is 0 Å². The highest BCUT2D eigenvalue weighted by molar-refractivity contribution is 7.92. The number of hydrogen-bond acceptors (Lipinski definition) is 6. The Morgan fingerprint density at radius 2 is 1.74 bits per heavy atom. The molecule has 0 heterocycles. The fraction of sp³-hybridized carbons (Fsp3) is 0.167. The topological polar surface area (TPSA) is 97.3 Å². The average Bonchev–Trinajstić information content (AvgIpc) is 2.84. The molecule has 0 aliphatic carbocycles. The number of hydrazone groups is 1. The van der Waals surface area contributed by atoms with Crippen molar-refractivity contribution in [1.29, 1.82) is 0 Å². The fourth-order valence-electron chi connectivity index (χ4n) is 2.98. The molecule has 3 rings (SSSR count). The van der Waals surface area contributed by atoms with E-state index in [-0.39, 0.29) is 10.6 Å². The van der Waals surface area contributed by atoms with Crippen LogP contribution < -0.4 is 19.2 Å². The van der Waals surface area contributed by atoms with Crippen LogP contribution in [0.4, 0.5) is 5.69 Å². The Balaban J connectivity index is 1.79. The first-order valence-electron chi connectivity index (χ1n) is 10.3. The summed E-state index contributed by atoms with van der Waals surface area (Å²) in [5.74, 6) is 0.610. The van der Waals surface area contributed by atoms with Crippen LogP contribution in [0.1, 0.15) is 12.5 Å². The molecular weight excluding hydrogens is 478 g/mol. The summed E-state index contributed by atoms with van der Waals surface area (Å²) in [6.45, 7) is 1.95. The van der Waals surface area contributed by atoms with Gasteiger partial charge < -0.3 is 9.47 Å². The summed E-state index contributed by atoms with van der Waals surface area (Å²) in [6, 6.07) is 19.3. The number of nitrogens with one attached hydrogen (secondary N) is 1. The van der Waals surface area contributed by atoms with E-state index < -0.39 is 22.5 Å². The number of hydrogen-bond donors (Lipinski definition) is 1. The molecule has 0 spiro atoms. The van der Waals surface area contributed by atoms with Gasteiger partial charge in [0, 0.05) is 5.02 Å². The molecule has 3 aromatic carbocycles. The summed E-state index contributed by atoms with van der Waals surface area (Å²) in [6.07, 6.45) is 1.45. The molecule has 178 valence electrons. The lowest BCUT2D eigenvalue weighted by molar-refractivity contribution is -0.119. The second-order valence-electron chi connectivity index (χ2n) is 6.96. The summed E-state index contributed by atoms with van der Waals surface area (Å²) >= 11 is 6.07. The minimum atomic E-state index is -4.09. The zero-order valence-corrected chi connectivity index (χ0v) is 20.2. The number of methoxy groups -OCH3 is 1. The molecule has 0 aliphatic rings. The van der Waals surface area contributed by atoms with E-state index >= 15 is 0 Å². The van der Waals surface area contributed by atoms with Crippen molar-refractivity contribution in [2.45, 2.75) is 11.8 Å². The van der Waals surface area contributed by atoms with Crippen molar-refractivity contribution in [3.63, 3.8) is 0 Å². The summed E-state index contributed by atoms with van der Waals surface area (Å²) < 4.78 is 38.2. The number of anilines is 1. The number of rotatable bonds is 10. The van der Waals surface area contributed by atoms with Gasteiger partial charge in [-0.05, 0) is 79.2 Å². The van der Waals surface area contributed by atoms with E-state index in [4.69, 9.17) is 21.1 Å². The second-order valence-corrected chi connectivity index (χ2v) is 9.26. The normalized spacial score (nSPS) is 11.3. The van der Waals surface area contributed by atoms with Gasteiger partial charge in [0.25, 0.3) is 15.9 Å². The van der Waals surface area contributed by atoms with Crippen molar-refractivity contribution < 1.29 is 22.7 Å². The predicted octanol–water partition coefficient (Wildman–Crippen LogP) is 4.09. The maximum Gasteiger partial charge on any atom is 0.264 e. The standard InChI is InChI=1S/C24H24ClN3O5S/c1-3-33-22-9-7-18(8-10-22)16-26-27-24(29)17-28(20-6-4-5-19(25)15-20)34(30,31)23-13-11-21(32-2)12-14-23/h4-16H,3,17H2,1-2H3,(H,27,29)/b26-16-. The first-order valence-corrected chi connectivity index (χ1v) is 12.1. The van der Waals surface area contributed by atoms with Gasteiger partial charge in [0.1, 0.15) is 18.0 Å². The lowest BCUT2D eigenvalue weighted by atomic mass is 10.2. The third-order valence-electron chi connectivity index (χ3n) is 4.62. The van der Waals surface area contributed by atoms with Crippen LogP contribution in [0.25, 0.3) is 0 Å². The minimum absolute atomic E-state index is 0.000959. The van der Waals surface area contributed by atoms with Crippen LogP contribution in [-0.4, -0.2) is 40.8 Å². The zero-order chi connectivity index (χ0) is 24.6. The second kappa shape index (κ2) is 11.5. The first kappa shape index (κ1) is 25.1. The van der Waals surface area contributed by atoms with Gasteiger partial charge in [-0.15, -0.1) is 0 Å². The van der Waals surface area contributed by atoms with Crippen molar-refractivity contribution in [2.75, 3.05) is 24.6 Å². The van der Waals surface area contributed by atoms with E-state index in [1.807, 2.05) is 6.92 Å². The van der Waals surface area contributed by atoms with Gasteiger partial charge in [-0.3, -0.25) is 9.10 Å². The van der Waals surface area contributed by atoms with Crippen LogP contribution in [0.3, 0.4) is 0 Å². The molecule has 0 unspecified atom stereocenters. The number of benzene rings is 3. The molecule has 10 heteroatoms. The Labute approximate surface area is 203 Å². The van der Waals surface area contributed by atoms with E-state index in [1.54, 1.807) is 42.5 Å². The largest absolute Gasteiger partial charge is 0.497 e. The summed E-state index contributed by atoms with van der Waals surface area (Å²) in [7, 11) is -2.60. The molecule has 0 fully saturated rings. The van der Waals surface area contributed by atoms with Crippen molar-refractivity contribution in [1.82, 2.24) is 5.43 Å². The molecule has 1 N–H and O–H groups in total. The monoisotopic (exact) mass is 501 g/mol. The van der Waals surface area contributed by atoms with E-state index in [0.717, 1.165) is 15.6 Å². The lowest BCUT2D eigenvalue weighted by Gasteiger charge is -2.24. The predicted molar refractivity (Wildman–Crippen MR) is 132 cm³/mol. The molecule has 34 heavy (non-hydrogen) atoms. The number of carbonyl (C=O) groups excluding carboxylic acids is 1. The third-order valence-corrected chi connectivity index (χ3v) is 6.65. The number of ether oxygens (including phenoxy) is 2. The van der Waals surface area contributed by atoms with E-state index in [9.17, 15) is 13.2 Å². The Kier molecular flexibility index (Phi) is 8.50. The van der Waals surface area contributed by atoms with Crippen LogP contribution >= 0.6 is 11.6 Å². The highest BCUT2D eigenvalue weighted by Crippen LogP contribution is 2.27. The quantitative estimate of drug-likeness (QED) is 0.333. The maximum absolute atomic E-state index is 13.4. The number of halogens is 1. The molecule has 0 atom stereocenters. The zero-order valence-electron chi connectivity index (χ0n) is 18.6. The minimum Gasteiger partial charge on any atom is -0.497 e. The Bertz CT molecular complexity index is 1250. The summed E-state index contributed by atoms with van der Waals surface area (Å²) in [5, 5.41) is 4.26. The van der Waals surface area contributed by atoms with Crippen molar-refractivity contribution in [2.24, 2.45) is 5.10 Å². The van der Waals surface area contributed by atoms with Crippen LogP contribution in [0.2, 0.25) is 5.02 Å². The Morgan fingerprint density at radius 1 is 1.06 bits per heavy atom. The van der Waals surface area contributed by atoms with E-state index in [0.29, 0.717) is 17.4 Å². The molecule has 0 saturated heterocycles. The molecular formula is C24H24ClN3O5S. The Hall–Kier alpha value is -3.56. The summed E-state index contributed by atoms with van der Waals surface area (Å²) in [4.78, 5) is 12.6. The first-order chi connectivity index (χ1) is 16.3. The van der Waals surface area contributed by atoms with Crippen LogP contribution in [-0.2, 0) is 14.8 Å². The molecule has 0 bridgehead atoms. The van der Waals surface area contributed by atoms with Gasteiger partial charge in [0.05, 0.1) is 30.5 Å². The van der Waals surface area contributed by atoms with Gasteiger partial charge in [-0.1, -0.05) is 17.7 Å². The SMILES string of the molecule is CCOc1ccc(/C=N\NC(=O)CN(c2cccc(Cl)c2)S(=O)(=O)c2ccc(OC)cc2)cc1. The van der Waals surface area contributed by atoms with Gasteiger partial charge in [-0.2, -0.15) is 5.10 Å². The van der Waals surface area contributed by atoms with Crippen LogP contribution in [0.15, 0.2) is 82.8 Å². The lowest BCUT2D eigenvalue weighted by Crippen LogP contribution is -2.39. The van der Waals surface area contributed by atoms with Crippen molar-refractivity contribution >= 4 is 39.4 Å². The highest BCUT2D eigenvalue weighted by Gasteiger charge is 2.27. The smallest absolute Gasteiger partial charge is 0.264 e. The molecule has 3 aromatic rings. The molecule has 1 amide bonds. The molecule has 0 aliphatic heterocycles. The number of nitrogens with zero attached hydrogens (tertiary/aromatic N) is 2. The van der Waals surface area contributed by atoms with Crippen molar-refractivity contribution in [3.05, 3.63) is 83.4 Å². The molecule has 0 saturated carbocycles. The molecule has 8 nitrogen and oxygen atoms in total.